The van der Waals surface area contributed by atoms with Crippen molar-refractivity contribution in [1.82, 2.24) is 4.90 Å². The van der Waals surface area contributed by atoms with Gasteiger partial charge in [0.2, 0.25) is 0 Å². The number of aliphatic hydroxyl groups is 1. The number of carbonyl (C=O) groups excluding carboxylic acids is 3. The number of rotatable bonds is 8. The van der Waals surface area contributed by atoms with E-state index in [1.807, 2.05) is 4.90 Å². The number of hydrogen-bond donors (Lipinski definition) is 2. The minimum Gasteiger partial charge on any atom is -0.466 e. The molecule has 2 heterocycles. The topological polar surface area (TPSA) is 108 Å². The first-order valence-corrected chi connectivity index (χ1v) is 10.6. The van der Waals surface area contributed by atoms with E-state index in [2.05, 4.69) is 5.32 Å². The number of aliphatic hydroxyl groups excluding tert-OH is 1. The predicted octanol–water partition coefficient (Wildman–Crippen LogP) is 1.28. The van der Waals surface area contributed by atoms with Crippen molar-refractivity contribution in [2.75, 3.05) is 56.7 Å². The number of nitrogens with one attached hydrogen (secondary N) is 1. The van der Waals surface area contributed by atoms with Gasteiger partial charge in [-0.3, -0.25) is 9.59 Å². The number of benzene rings is 1. The van der Waals surface area contributed by atoms with Gasteiger partial charge >= 0.3 is 11.9 Å². The molecule has 174 valence electrons. The van der Waals surface area contributed by atoms with Crippen LogP contribution in [0.2, 0.25) is 0 Å². The second kappa shape index (κ2) is 10.4. The van der Waals surface area contributed by atoms with Crippen LogP contribution in [-0.4, -0.2) is 74.4 Å². The summed E-state index contributed by atoms with van der Waals surface area (Å²) < 4.78 is 24.8. The third-order valence-corrected chi connectivity index (χ3v) is 5.65. The Kier molecular flexibility index (Phi) is 7.68. The summed E-state index contributed by atoms with van der Waals surface area (Å²) in [6.45, 7) is 2.84. The fraction of sp³-hybridized carbons (Fsp3) is 0.500. The van der Waals surface area contributed by atoms with Crippen LogP contribution in [0.1, 0.15) is 19.8 Å². The summed E-state index contributed by atoms with van der Waals surface area (Å²) in [6.07, 6.45) is 1.13. The number of β-amino-alcohol motifs (C(OH)–C–C–N with tert-alkyl or cyclic N) is 1. The standard InChI is InChI=1S/C22H28FN3O6/c1-3-32-21(29)14-7-9-25(10-8-14)17-6-4-5-16(23)19(17)24-18-15(22(30)31-2)13-26(11-12-27)20(18)28/h4-6,14,24,27H,3,7-13H2,1-2H3. The van der Waals surface area contributed by atoms with Crippen LogP contribution < -0.4 is 10.2 Å². The quantitative estimate of drug-likeness (QED) is 0.572. The molecular weight excluding hydrogens is 421 g/mol. The Morgan fingerprint density at radius 3 is 2.62 bits per heavy atom. The van der Waals surface area contributed by atoms with Crippen LogP contribution in [0.3, 0.4) is 0 Å². The van der Waals surface area contributed by atoms with Crippen LogP contribution in [0.5, 0.6) is 0 Å². The zero-order chi connectivity index (χ0) is 23.3. The van der Waals surface area contributed by atoms with Crippen molar-refractivity contribution < 1.29 is 33.4 Å². The minimum absolute atomic E-state index is 0.0377. The second-order valence-electron chi connectivity index (χ2n) is 7.57. The van der Waals surface area contributed by atoms with Crippen LogP contribution in [0, 0.1) is 11.7 Å². The van der Waals surface area contributed by atoms with Crippen LogP contribution in [0.4, 0.5) is 15.8 Å². The largest absolute Gasteiger partial charge is 0.466 e. The molecule has 0 saturated carbocycles. The van der Waals surface area contributed by atoms with Crippen LogP contribution >= 0.6 is 0 Å². The number of amides is 1. The maximum absolute atomic E-state index is 14.9. The Labute approximate surface area is 185 Å². The van der Waals surface area contributed by atoms with Crippen molar-refractivity contribution in [2.24, 2.45) is 5.92 Å². The molecule has 3 rings (SSSR count). The van der Waals surface area contributed by atoms with E-state index >= 15 is 0 Å². The second-order valence-corrected chi connectivity index (χ2v) is 7.57. The van der Waals surface area contributed by atoms with Gasteiger partial charge in [-0.1, -0.05) is 6.07 Å². The lowest BCUT2D eigenvalue weighted by Crippen LogP contribution is -2.37. The molecule has 2 aliphatic heterocycles. The van der Waals surface area contributed by atoms with E-state index in [1.165, 1.54) is 18.1 Å². The molecule has 0 atom stereocenters. The van der Waals surface area contributed by atoms with Gasteiger partial charge in [0.1, 0.15) is 11.5 Å². The Morgan fingerprint density at radius 1 is 1.28 bits per heavy atom. The van der Waals surface area contributed by atoms with E-state index < -0.39 is 17.7 Å². The molecule has 2 aliphatic rings. The molecule has 0 bridgehead atoms. The highest BCUT2D eigenvalue weighted by molar-refractivity contribution is 6.09. The number of para-hydroxylation sites is 1. The molecule has 0 spiro atoms. The van der Waals surface area contributed by atoms with E-state index in [-0.39, 0.29) is 48.5 Å². The van der Waals surface area contributed by atoms with E-state index in [0.717, 1.165) is 0 Å². The summed E-state index contributed by atoms with van der Waals surface area (Å²) in [4.78, 5) is 40.3. The number of nitrogens with zero attached hydrogens (tertiary/aromatic N) is 2. The average molecular weight is 449 g/mol. The van der Waals surface area contributed by atoms with Gasteiger partial charge in [-0.25, -0.2) is 9.18 Å². The number of esters is 2. The lowest BCUT2D eigenvalue weighted by Gasteiger charge is -2.34. The molecule has 0 aromatic heterocycles. The molecule has 32 heavy (non-hydrogen) atoms. The van der Waals surface area contributed by atoms with Gasteiger partial charge in [-0.15, -0.1) is 0 Å². The lowest BCUT2D eigenvalue weighted by molar-refractivity contribution is -0.148. The van der Waals surface area contributed by atoms with Gasteiger partial charge in [0.15, 0.2) is 0 Å². The zero-order valence-corrected chi connectivity index (χ0v) is 18.2. The third-order valence-electron chi connectivity index (χ3n) is 5.65. The molecule has 10 heteroatoms. The smallest absolute Gasteiger partial charge is 0.337 e. The highest BCUT2D eigenvalue weighted by Crippen LogP contribution is 2.34. The van der Waals surface area contributed by atoms with Crippen molar-refractivity contribution in [2.45, 2.75) is 19.8 Å². The first-order chi connectivity index (χ1) is 15.4. The molecule has 1 amide bonds. The Hall–Kier alpha value is -3.14. The number of methoxy groups -OCH3 is 1. The normalized spacial score (nSPS) is 17.1. The minimum atomic E-state index is -0.700. The number of carbonyl (C=O) groups is 3. The van der Waals surface area contributed by atoms with Crippen LogP contribution in [0.15, 0.2) is 29.5 Å². The summed E-state index contributed by atoms with van der Waals surface area (Å²) in [5.41, 5.74) is 0.592. The number of halogens is 1. The molecule has 1 fully saturated rings. The van der Waals surface area contributed by atoms with Crippen LogP contribution in [-0.2, 0) is 23.9 Å². The van der Waals surface area contributed by atoms with Crippen molar-refractivity contribution in [1.29, 1.82) is 0 Å². The van der Waals surface area contributed by atoms with E-state index in [4.69, 9.17) is 9.47 Å². The van der Waals surface area contributed by atoms with E-state index in [1.54, 1.807) is 19.1 Å². The first kappa shape index (κ1) is 23.5. The van der Waals surface area contributed by atoms with Crippen LogP contribution in [0.25, 0.3) is 0 Å². The molecule has 1 saturated heterocycles. The Morgan fingerprint density at radius 2 is 2.00 bits per heavy atom. The third kappa shape index (κ3) is 4.85. The van der Waals surface area contributed by atoms with Crippen molar-refractivity contribution in [3.63, 3.8) is 0 Å². The average Bonchev–Trinajstić information content (AvgIpc) is 3.10. The maximum Gasteiger partial charge on any atom is 0.337 e. The number of anilines is 2. The Bertz CT molecular complexity index is 911. The molecule has 1 aromatic carbocycles. The van der Waals surface area contributed by atoms with Crippen molar-refractivity contribution in [3.8, 4) is 0 Å². The molecule has 0 unspecified atom stereocenters. The molecule has 1 aromatic rings. The summed E-state index contributed by atoms with van der Waals surface area (Å²) in [5.74, 6) is -2.23. The van der Waals surface area contributed by atoms with Gasteiger partial charge in [0.25, 0.3) is 5.91 Å². The predicted molar refractivity (Wildman–Crippen MR) is 114 cm³/mol. The van der Waals surface area contributed by atoms with Gasteiger partial charge in [0, 0.05) is 19.6 Å². The summed E-state index contributed by atoms with van der Waals surface area (Å²) >= 11 is 0. The molecule has 9 nitrogen and oxygen atoms in total. The van der Waals surface area contributed by atoms with Crippen molar-refractivity contribution in [3.05, 3.63) is 35.3 Å². The van der Waals surface area contributed by atoms with Gasteiger partial charge < -0.3 is 29.7 Å². The molecule has 0 radical (unpaired) electrons. The zero-order valence-electron chi connectivity index (χ0n) is 18.2. The molecule has 0 aliphatic carbocycles. The van der Waals surface area contributed by atoms with E-state index in [9.17, 15) is 23.9 Å². The fourth-order valence-electron chi connectivity index (χ4n) is 3.99. The first-order valence-electron chi connectivity index (χ1n) is 10.6. The van der Waals surface area contributed by atoms with E-state index in [0.29, 0.717) is 38.2 Å². The SMILES string of the molecule is CCOC(=O)C1CCN(c2cccc(F)c2NC2=C(C(=O)OC)CN(CCO)C2=O)CC1. The Balaban J connectivity index is 1.86. The number of hydrogen-bond acceptors (Lipinski definition) is 8. The van der Waals surface area contributed by atoms with Gasteiger partial charge in [-0.05, 0) is 31.9 Å². The van der Waals surface area contributed by atoms with Gasteiger partial charge in [0.05, 0.1) is 49.7 Å². The molecule has 2 N–H and O–H groups in total. The maximum atomic E-state index is 14.9. The summed E-state index contributed by atoms with van der Waals surface area (Å²) in [6, 6.07) is 4.55. The fourth-order valence-corrected chi connectivity index (χ4v) is 3.99. The molecular formula is C22H28FN3O6. The summed E-state index contributed by atoms with van der Waals surface area (Å²) in [5, 5.41) is 12.0. The monoisotopic (exact) mass is 449 g/mol. The number of piperidine rings is 1. The number of ether oxygens (including phenoxy) is 2. The van der Waals surface area contributed by atoms with Crippen molar-refractivity contribution >= 4 is 29.2 Å². The summed E-state index contributed by atoms with van der Waals surface area (Å²) in [7, 11) is 1.20. The highest BCUT2D eigenvalue weighted by Gasteiger charge is 2.36. The van der Waals surface area contributed by atoms with Gasteiger partial charge in [-0.2, -0.15) is 0 Å². The lowest BCUT2D eigenvalue weighted by atomic mass is 9.96. The highest BCUT2D eigenvalue weighted by atomic mass is 19.1.